The van der Waals surface area contributed by atoms with Crippen LogP contribution in [-0.2, 0) is 18.3 Å². The Morgan fingerprint density at radius 3 is 2.62 bits per heavy atom. The number of hydrogen-bond acceptors (Lipinski definition) is 4. The van der Waals surface area contributed by atoms with Crippen LogP contribution in [0.4, 0.5) is 0 Å². The molecule has 2 heterocycles. The molecule has 1 aliphatic rings. The fourth-order valence-electron chi connectivity index (χ4n) is 2.84. The quantitative estimate of drug-likeness (QED) is 0.388. The molecule has 0 bridgehead atoms. The monoisotopic (exact) mass is 450 g/mol. The van der Waals surface area contributed by atoms with Crippen LogP contribution in [0.15, 0.2) is 17.3 Å². The lowest BCUT2D eigenvalue weighted by Crippen LogP contribution is -2.57. The fourth-order valence-corrected chi connectivity index (χ4v) is 2.84. The molecule has 8 heteroatoms. The van der Waals surface area contributed by atoms with Crippen molar-refractivity contribution in [1.82, 2.24) is 25.3 Å². The van der Waals surface area contributed by atoms with Gasteiger partial charge in [-0.3, -0.25) is 4.68 Å². The van der Waals surface area contributed by atoms with Gasteiger partial charge in [0.2, 0.25) is 0 Å². The first-order valence-electron chi connectivity index (χ1n) is 8.31. The third-order valence-corrected chi connectivity index (χ3v) is 4.62. The van der Waals surface area contributed by atoms with Gasteiger partial charge in [-0.2, -0.15) is 5.10 Å². The zero-order valence-electron chi connectivity index (χ0n) is 15.2. The molecule has 0 aromatic carbocycles. The number of likely N-dealkylation sites (N-methyl/N-ethyl adjacent to an activating group) is 1. The molecule has 1 aliphatic heterocycles. The molecule has 1 fully saturated rings. The van der Waals surface area contributed by atoms with Crippen LogP contribution in [0, 0.1) is 0 Å². The number of aryl methyl sites for hydroxylation is 1. The summed E-state index contributed by atoms with van der Waals surface area (Å²) in [6, 6.07) is 1.99. The molecular weight excluding hydrogens is 419 g/mol. The maximum atomic E-state index is 5.53. The van der Waals surface area contributed by atoms with Gasteiger partial charge < -0.3 is 20.3 Å². The number of nitrogens with one attached hydrogen (secondary N) is 2. The van der Waals surface area contributed by atoms with Crippen LogP contribution in [0.5, 0.6) is 0 Å². The third-order valence-electron chi connectivity index (χ3n) is 4.62. The first kappa shape index (κ1) is 21.2. The van der Waals surface area contributed by atoms with Crippen molar-refractivity contribution in [2.45, 2.75) is 31.8 Å². The Balaban J connectivity index is 0.00000288. The van der Waals surface area contributed by atoms with E-state index in [0.29, 0.717) is 6.54 Å². The van der Waals surface area contributed by atoms with Crippen molar-refractivity contribution in [2.24, 2.45) is 12.0 Å². The number of ether oxygens (including phenoxy) is 1. The summed E-state index contributed by atoms with van der Waals surface area (Å²) in [5.41, 5.74) is 1.22. The molecule has 1 saturated heterocycles. The van der Waals surface area contributed by atoms with E-state index in [9.17, 15) is 0 Å². The van der Waals surface area contributed by atoms with Crippen LogP contribution in [0.25, 0.3) is 0 Å². The number of nitrogens with zero attached hydrogens (tertiary/aromatic N) is 4. The van der Waals surface area contributed by atoms with Crippen molar-refractivity contribution in [3.8, 4) is 0 Å². The molecule has 0 spiro atoms. The minimum Gasteiger partial charge on any atom is -0.381 e. The molecule has 0 amide bonds. The van der Waals surface area contributed by atoms with Crippen LogP contribution in [0.3, 0.4) is 0 Å². The molecular formula is C16H31IN6O. The Morgan fingerprint density at radius 1 is 1.38 bits per heavy atom. The summed E-state index contributed by atoms with van der Waals surface area (Å²) >= 11 is 0. The average molecular weight is 450 g/mol. The average Bonchev–Trinajstić information content (AvgIpc) is 2.96. The van der Waals surface area contributed by atoms with E-state index >= 15 is 0 Å². The first-order valence-corrected chi connectivity index (χ1v) is 8.31. The number of aliphatic imine (C=N–C) groups is 1. The van der Waals surface area contributed by atoms with Crippen molar-refractivity contribution >= 4 is 29.9 Å². The zero-order chi connectivity index (χ0) is 16.7. The van der Waals surface area contributed by atoms with Crippen molar-refractivity contribution in [3.63, 3.8) is 0 Å². The van der Waals surface area contributed by atoms with Gasteiger partial charge in [-0.05, 0) is 39.9 Å². The van der Waals surface area contributed by atoms with Gasteiger partial charge in [0.05, 0.1) is 12.2 Å². The van der Waals surface area contributed by atoms with E-state index in [1.54, 1.807) is 6.20 Å². The van der Waals surface area contributed by atoms with Crippen molar-refractivity contribution in [1.29, 1.82) is 0 Å². The van der Waals surface area contributed by atoms with E-state index in [4.69, 9.17) is 4.74 Å². The van der Waals surface area contributed by atoms with E-state index in [-0.39, 0.29) is 29.5 Å². The lowest BCUT2D eigenvalue weighted by Gasteiger charge is -2.43. The van der Waals surface area contributed by atoms with Crippen molar-refractivity contribution in [3.05, 3.63) is 18.0 Å². The van der Waals surface area contributed by atoms with Gasteiger partial charge >= 0.3 is 0 Å². The normalized spacial score (nSPS) is 17.5. The standard InChI is InChI=1S/C16H30N6O.HI/c1-5-17-15(18-12-14-6-9-20-22(14)4)19-13-16(21(2)3)7-10-23-11-8-16;/h6,9H,5,7-8,10-13H2,1-4H3,(H2,17,18,19);1H. The highest BCUT2D eigenvalue weighted by Gasteiger charge is 2.34. The second-order valence-corrected chi connectivity index (χ2v) is 6.23. The van der Waals surface area contributed by atoms with E-state index in [1.807, 2.05) is 17.8 Å². The Bertz CT molecular complexity index is 510. The van der Waals surface area contributed by atoms with Crippen LogP contribution in [0.1, 0.15) is 25.5 Å². The largest absolute Gasteiger partial charge is 0.381 e. The highest BCUT2D eigenvalue weighted by atomic mass is 127. The van der Waals surface area contributed by atoms with Gasteiger partial charge in [0.25, 0.3) is 0 Å². The van der Waals surface area contributed by atoms with E-state index in [0.717, 1.165) is 50.8 Å². The summed E-state index contributed by atoms with van der Waals surface area (Å²) in [5.74, 6) is 0.849. The highest BCUT2D eigenvalue weighted by molar-refractivity contribution is 14.0. The number of aromatic nitrogens is 2. The number of guanidine groups is 1. The molecule has 0 saturated carbocycles. The molecule has 0 atom stereocenters. The fraction of sp³-hybridized carbons (Fsp3) is 0.750. The molecule has 1 aromatic heterocycles. The molecule has 0 aliphatic carbocycles. The lowest BCUT2D eigenvalue weighted by molar-refractivity contribution is -0.00501. The number of hydrogen-bond donors (Lipinski definition) is 2. The minimum absolute atomic E-state index is 0. The third kappa shape index (κ3) is 5.59. The summed E-state index contributed by atoms with van der Waals surface area (Å²) in [4.78, 5) is 6.99. The molecule has 0 radical (unpaired) electrons. The first-order chi connectivity index (χ1) is 11.1. The summed E-state index contributed by atoms with van der Waals surface area (Å²) in [6.45, 7) is 6.04. The van der Waals surface area contributed by atoms with Crippen molar-refractivity contribution in [2.75, 3.05) is 40.4 Å². The predicted octanol–water partition coefficient (Wildman–Crippen LogP) is 1.20. The van der Waals surface area contributed by atoms with Gasteiger partial charge in [-0.25, -0.2) is 4.99 Å². The number of halogens is 1. The van der Waals surface area contributed by atoms with E-state index in [2.05, 4.69) is 46.6 Å². The van der Waals surface area contributed by atoms with Crippen LogP contribution >= 0.6 is 24.0 Å². The maximum absolute atomic E-state index is 5.53. The minimum atomic E-state index is 0. The van der Waals surface area contributed by atoms with Crippen LogP contribution in [-0.4, -0.2) is 66.6 Å². The van der Waals surface area contributed by atoms with E-state index < -0.39 is 0 Å². The second kappa shape index (κ2) is 10.2. The molecule has 2 N–H and O–H groups in total. The van der Waals surface area contributed by atoms with Crippen LogP contribution < -0.4 is 10.6 Å². The van der Waals surface area contributed by atoms with Gasteiger partial charge in [0.1, 0.15) is 0 Å². The van der Waals surface area contributed by atoms with Crippen molar-refractivity contribution < 1.29 is 4.74 Å². The molecule has 24 heavy (non-hydrogen) atoms. The predicted molar refractivity (Wildman–Crippen MR) is 108 cm³/mol. The van der Waals surface area contributed by atoms with Crippen LogP contribution in [0.2, 0.25) is 0 Å². The number of rotatable bonds is 6. The summed E-state index contributed by atoms with van der Waals surface area (Å²) in [5, 5.41) is 11.0. The molecule has 2 rings (SSSR count). The summed E-state index contributed by atoms with van der Waals surface area (Å²) in [6.07, 6.45) is 3.87. The Labute approximate surface area is 162 Å². The SMILES string of the molecule is CCNC(=NCc1ccnn1C)NCC1(N(C)C)CCOCC1.I. The Kier molecular flexibility index (Phi) is 8.99. The van der Waals surface area contributed by atoms with Gasteiger partial charge in [-0.1, -0.05) is 0 Å². The zero-order valence-corrected chi connectivity index (χ0v) is 17.5. The lowest BCUT2D eigenvalue weighted by atomic mass is 9.88. The van der Waals surface area contributed by atoms with Gasteiger partial charge in [0.15, 0.2) is 5.96 Å². The maximum Gasteiger partial charge on any atom is 0.191 e. The molecule has 0 unspecified atom stereocenters. The molecule has 138 valence electrons. The summed E-state index contributed by atoms with van der Waals surface area (Å²) < 4.78 is 7.38. The second-order valence-electron chi connectivity index (χ2n) is 6.23. The topological polar surface area (TPSA) is 66.7 Å². The molecule has 7 nitrogen and oxygen atoms in total. The Hall–Kier alpha value is -0.870. The smallest absolute Gasteiger partial charge is 0.191 e. The molecule has 1 aromatic rings. The van der Waals surface area contributed by atoms with Gasteiger partial charge in [-0.15, -0.1) is 24.0 Å². The van der Waals surface area contributed by atoms with E-state index in [1.165, 1.54) is 0 Å². The highest BCUT2D eigenvalue weighted by Crippen LogP contribution is 2.24. The van der Waals surface area contributed by atoms with Gasteiger partial charge in [0, 0.05) is 45.1 Å². The Morgan fingerprint density at radius 2 is 2.08 bits per heavy atom. The summed E-state index contributed by atoms with van der Waals surface area (Å²) in [7, 11) is 6.23.